The molecule has 0 saturated carbocycles. The summed E-state index contributed by atoms with van der Waals surface area (Å²) in [6.07, 6.45) is 0. The quantitative estimate of drug-likeness (QED) is 0.698. The molecule has 27 heavy (non-hydrogen) atoms. The molecule has 0 heterocycles. The number of benzene rings is 3. The van der Waals surface area contributed by atoms with Crippen molar-refractivity contribution >= 4 is 17.5 Å². The van der Waals surface area contributed by atoms with Crippen LogP contribution in [0.1, 0.15) is 39.2 Å². The SMILES string of the molecule is C[C@@H](NC(=O)c1ccccc1NC(=O)c1cccc(F)c1)c1ccccc1. The minimum atomic E-state index is -0.495. The Hall–Kier alpha value is -3.47. The van der Waals surface area contributed by atoms with Crippen molar-refractivity contribution in [2.24, 2.45) is 0 Å². The first-order chi connectivity index (χ1) is 13.0. The van der Waals surface area contributed by atoms with E-state index in [1.54, 1.807) is 24.3 Å². The average molecular weight is 362 g/mol. The van der Waals surface area contributed by atoms with Gasteiger partial charge in [0.15, 0.2) is 0 Å². The number of amides is 2. The van der Waals surface area contributed by atoms with Gasteiger partial charge in [0.1, 0.15) is 5.82 Å². The molecular weight excluding hydrogens is 343 g/mol. The van der Waals surface area contributed by atoms with E-state index in [-0.39, 0.29) is 17.5 Å². The largest absolute Gasteiger partial charge is 0.345 e. The molecule has 0 fully saturated rings. The van der Waals surface area contributed by atoms with Gasteiger partial charge in [-0.2, -0.15) is 0 Å². The summed E-state index contributed by atoms with van der Waals surface area (Å²) in [5.74, 6) is -1.28. The highest BCUT2D eigenvalue weighted by molar-refractivity contribution is 6.09. The lowest BCUT2D eigenvalue weighted by Crippen LogP contribution is -2.28. The van der Waals surface area contributed by atoms with Gasteiger partial charge in [-0.1, -0.05) is 48.5 Å². The summed E-state index contributed by atoms with van der Waals surface area (Å²) in [4.78, 5) is 25.1. The molecule has 2 N–H and O–H groups in total. The summed E-state index contributed by atoms with van der Waals surface area (Å²) in [7, 11) is 0. The maximum atomic E-state index is 13.3. The first-order valence-corrected chi connectivity index (χ1v) is 8.56. The smallest absolute Gasteiger partial charge is 0.255 e. The molecule has 5 heteroatoms. The van der Waals surface area contributed by atoms with Crippen molar-refractivity contribution in [3.63, 3.8) is 0 Å². The molecule has 2 amide bonds. The van der Waals surface area contributed by atoms with Gasteiger partial charge in [-0.15, -0.1) is 0 Å². The maximum absolute atomic E-state index is 13.3. The lowest BCUT2D eigenvalue weighted by molar-refractivity contribution is 0.0941. The van der Waals surface area contributed by atoms with Gasteiger partial charge in [0.25, 0.3) is 11.8 Å². The number of rotatable bonds is 5. The molecule has 0 saturated heterocycles. The second kappa shape index (κ2) is 8.27. The van der Waals surface area contributed by atoms with Crippen molar-refractivity contribution in [2.75, 3.05) is 5.32 Å². The minimum absolute atomic E-state index is 0.183. The Morgan fingerprint density at radius 3 is 2.30 bits per heavy atom. The zero-order valence-electron chi connectivity index (χ0n) is 14.8. The van der Waals surface area contributed by atoms with E-state index in [2.05, 4.69) is 10.6 Å². The summed E-state index contributed by atoms with van der Waals surface area (Å²) in [5, 5.41) is 5.61. The molecule has 0 unspecified atom stereocenters. The van der Waals surface area contributed by atoms with Crippen LogP contribution in [0.25, 0.3) is 0 Å². The van der Waals surface area contributed by atoms with Crippen molar-refractivity contribution < 1.29 is 14.0 Å². The van der Waals surface area contributed by atoms with Gasteiger partial charge in [0.05, 0.1) is 17.3 Å². The third kappa shape index (κ3) is 4.58. The van der Waals surface area contributed by atoms with E-state index in [0.717, 1.165) is 11.6 Å². The molecule has 0 aliphatic rings. The summed E-state index contributed by atoms with van der Waals surface area (Å²) in [6, 6.07) is 21.5. The lowest BCUT2D eigenvalue weighted by atomic mass is 10.1. The van der Waals surface area contributed by atoms with Gasteiger partial charge >= 0.3 is 0 Å². The van der Waals surface area contributed by atoms with Crippen molar-refractivity contribution in [1.29, 1.82) is 0 Å². The van der Waals surface area contributed by atoms with E-state index in [1.807, 2.05) is 37.3 Å². The fraction of sp³-hybridized carbons (Fsp3) is 0.0909. The first-order valence-electron chi connectivity index (χ1n) is 8.56. The van der Waals surface area contributed by atoms with Crippen molar-refractivity contribution in [1.82, 2.24) is 5.32 Å². The first kappa shape index (κ1) is 18.3. The predicted molar refractivity (Wildman–Crippen MR) is 103 cm³/mol. The number of carbonyl (C=O) groups excluding carboxylic acids is 2. The Morgan fingerprint density at radius 1 is 0.852 bits per heavy atom. The second-order valence-corrected chi connectivity index (χ2v) is 6.12. The molecule has 0 radical (unpaired) electrons. The Balaban J connectivity index is 1.77. The number of hydrogen-bond donors (Lipinski definition) is 2. The summed E-state index contributed by atoms with van der Waals surface area (Å²) in [5.41, 5.74) is 1.87. The predicted octanol–water partition coefficient (Wildman–Crippen LogP) is 4.57. The Kier molecular flexibility index (Phi) is 5.61. The highest BCUT2D eigenvalue weighted by Crippen LogP contribution is 2.19. The molecule has 3 aromatic rings. The molecule has 3 rings (SSSR count). The highest BCUT2D eigenvalue weighted by Gasteiger charge is 2.16. The molecule has 0 aliphatic carbocycles. The van der Waals surface area contributed by atoms with Crippen LogP contribution in [0.15, 0.2) is 78.9 Å². The van der Waals surface area contributed by atoms with Crippen LogP contribution in [0.4, 0.5) is 10.1 Å². The van der Waals surface area contributed by atoms with Crippen LogP contribution in [0, 0.1) is 5.82 Å². The number of nitrogens with one attached hydrogen (secondary N) is 2. The summed E-state index contributed by atoms with van der Waals surface area (Å²) >= 11 is 0. The van der Waals surface area contributed by atoms with Crippen LogP contribution in [0.2, 0.25) is 0 Å². The zero-order chi connectivity index (χ0) is 19.2. The van der Waals surface area contributed by atoms with Crippen molar-refractivity contribution in [3.05, 3.63) is 101 Å². The molecule has 0 bridgehead atoms. The molecule has 4 nitrogen and oxygen atoms in total. The van der Waals surface area contributed by atoms with E-state index in [0.29, 0.717) is 11.3 Å². The Bertz CT molecular complexity index is 957. The number of carbonyl (C=O) groups is 2. The maximum Gasteiger partial charge on any atom is 0.255 e. The summed E-state index contributed by atoms with van der Waals surface area (Å²) in [6.45, 7) is 1.89. The van der Waals surface area contributed by atoms with Crippen molar-refractivity contribution in [3.8, 4) is 0 Å². The number of hydrogen-bond acceptors (Lipinski definition) is 2. The summed E-state index contributed by atoms with van der Waals surface area (Å²) < 4.78 is 13.3. The van der Waals surface area contributed by atoms with Gasteiger partial charge in [-0.05, 0) is 42.8 Å². The monoisotopic (exact) mass is 362 g/mol. The van der Waals surface area contributed by atoms with Crippen LogP contribution in [-0.2, 0) is 0 Å². The third-order valence-corrected chi connectivity index (χ3v) is 4.15. The van der Waals surface area contributed by atoms with Gasteiger partial charge in [0.2, 0.25) is 0 Å². The molecule has 0 aromatic heterocycles. The normalized spacial score (nSPS) is 11.5. The van der Waals surface area contributed by atoms with E-state index in [4.69, 9.17) is 0 Å². The molecule has 1 atom stereocenters. The van der Waals surface area contributed by atoms with E-state index < -0.39 is 11.7 Å². The van der Waals surface area contributed by atoms with E-state index in [9.17, 15) is 14.0 Å². The Morgan fingerprint density at radius 2 is 1.56 bits per heavy atom. The minimum Gasteiger partial charge on any atom is -0.345 e. The highest BCUT2D eigenvalue weighted by atomic mass is 19.1. The molecule has 3 aromatic carbocycles. The van der Waals surface area contributed by atoms with Crippen LogP contribution in [0.5, 0.6) is 0 Å². The molecule has 0 spiro atoms. The van der Waals surface area contributed by atoms with Gasteiger partial charge in [-0.3, -0.25) is 9.59 Å². The molecule has 0 aliphatic heterocycles. The zero-order valence-corrected chi connectivity index (χ0v) is 14.8. The lowest BCUT2D eigenvalue weighted by Gasteiger charge is -2.16. The van der Waals surface area contributed by atoms with Crippen molar-refractivity contribution in [2.45, 2.75) is 13.0 Å². The van der Waals surface area contributed by atoms with E-state index in [1.165, 1.54) is 18.2 Å². The van der Waals surface area contributed by atoms with Gasteiger partial charge in [-0.25, -0.2) is 4.39 Å². The second-order valence-electron chi connectivity index (χ2n) is 6.12. The fourth-order valence-corrected chi connectivity index (χ4v) is 2.71. The topological polar surface area (TPSA) is 58.2 Å². The van der Waals surface area contributed by atoms with Crippen LogP contribution < -0.4 is 10.6 Å². The van der Waals surface area contributed by atoms with E-state index >= 15 is 0 Å². The van der Waals surface area contributed by atoms with Crippen LogP contribution >= 0.6 is 0 Å². The van der Waals surface area contributed by atoms with Gasteiger partial charge in [0, 0.05) is 5.56 Å². The number of anilines is 1. The van der Waals surface area contributed by atoms with Crippen LogP contribution in [0.3, 0.4) is 0 Å². The molecule has 136 valence electrons. The number of halogens is 1. The fourth-order valence-electron chi connectivity index (χ4n) is 2.71. The average Bonchev–Trinajstić information content (AvgIpc) is 2.69. The standard InChI is InChI=1S/C22H19FN2O2/c1-15(16-8-3-2-4-9-16)24-22(27)19-12-5-6-13-20(19)25-21(26)17-10-7-11-18(23)14-17/h2-15H,1H3,(H,24,27)(H,25,26)/t15-/m1/s1. The van der Waals surface area contributed by atoms with Crippen LogP contribution in [-0.4, -0.2) is 11.8 Å². The third-order valence-electron chi connectivity index (χ3n) is 4.15. The van der Waals surface area contributed by atoms with Gasteiger partial charge < -0.3 is 10.6 Å². The number of para-hydroxylation sites is 1. The molecular formula is C22H19FN2O2. The Labute approximate surface area is 157 Å².